The molecule has 0 radical (unpaired) electrons. The van der Waals surface area contributed by atoms with E-state index in [-0.39, 0.29) is 0 Å². The number of rotatable bonds is 1. The van der Waals surface area contributed by atoms with Crippen molar-refractivity contribution in [3.05, 3.63) is 29.3 Å². The number of benzene rings is 1. The highest BCUT2D eigenvalue weighted by Crippen LogP contribution is 2.45. The summed E-state index contributed by atoms with van der Waals surface area (Å²) in [7, 11) is 1.75. The smallest absolute Gasteiger partial charge is 0.119 e. The van der Waals surface area contributed by atoms with E-state index in [2.05, 4.69) is 30.4 Å². The van der Waals surface area contributed by atoms with Gasteiger partial charge in [0.15, 0.2) is 0 Å². The zero-order chi connectivity index (χ0) is 11.9. The summed E-state index contributed by atoms with van der Waals surface area (Å²) in [5.74, 6) is 0.999. The van der Waals surface area contributed by atoms with Gasteiger partial charge in [0, 0.05) is 11.5 Å². The second-order valence-corrected chi connectivity index (χ2v) is 5.46. The van der Waals surface area contributed by atoms with Crippen LogP contribution in [0.1, 0.15) is 37.3 Å². The Bertz CT molecular complexity index is 429. The molecule has 2 unspecified atom stereocenters. The molecule has 1 aromatic rings. The van der Waals surface area contributed by atoms with Gasteiger partial charge in [-0.05, 0) is 62.4 Å². The topological polar surface area (TPSA) is 21.3 Å². The Morgan fingerprint density at radius 3 is 2.94 bits per heavy atom. The number of ether oxygens (including phenoxy) is 1. The zero-order valence-electron chi connectivity index (χ0n) is 10.8. The summed E-state index contributed by atoms with van der Waals surface area (Å²) >= 11 is 0. The first-order valence-corrected chi connectivity index (χ1v) is 6.67. The maximum atomic E-state index is 5.34. The molecule has 92 valence electrons. The summed E-state index contributed by atoms with van der Waals surface area (Å²) in [4.78, 5) is 0. The predicted octanol–water partition coefficient (Wildman–Crippen LogP) is 2.65. The van der Waals surface area contributed by atoms with Gasteiger partial charge in [0.2, 0.25) is 0 Å². The average Bonchev–Trinajstić information content (AvgIpc) is 2.71. The van der Waals surface area contributed by atoms with E-state index >= 15 is 0 Å². The van der Waals surface area contributed by atoms with E-state index in [4.69, 9.17) is 4.74 Å². The van der Waals surface area contributed by atoms with Crippen molar-refractivity contribution in [2.45, 2.75) is 44.1 Å². The van der Waals surface area contributed by atoms with Crippen LogP contribution in [0.25, 0.3) is 0 Å². The van der Waals surface area contributed by atoms with Gasteiger partial charge in [-0.25, -0.2) is 0 Å². The van der Waals surface area contributed by atoms with Crippen molar-refractivity contribution in [2.75, 3.05) is 13.7 Å². The number of hydrogen-bond donors (Lipinski definition) is 1. The summed E-state index contributed by atoms with van der Waals surface area (Å²) in [6.45, 7) is 3.50. The first-order chi connectivity index (χ1) is 8.26. The molecule has 1 aliphatic carbocycles. The lowest BCUT2D eigenvalue weighted by molar-refractivity contribution is 0.329. The van der Waals surface area contributed by atoms with Gasteiger partial charge in [-0.15, -0.1) is 0 Å². The van der Waals surface area contributed by atoms with Crippen LogP contribution in [0, 0.1) is 0 Å². The highest BCUT2D eigenvalue weighted by Gasteiger charge is 2.44. The SMILES string of the molecule is COc1ccc2c(c1)CCCC21CCNC1C. The lowest BCUT2D eigenvalue weighted by atomic mass is 9.66. The van der Waals surface area contributed by atoms with Crippen molar-refractivity contribution in [2.24, 2.45) is 0 Å². The van der Waals surface area contributed by atoms with E-state index in [0.717, 1.165) is 12.3 Å². The van der Waals surface area contributed by atoms with Crippen LogP contribution in [0.2, 0.25) is 0 Å². The van der Waals surface area contributed by atoms with Gasteiger partial charge in [0.1, 0.15) is 5.75 Å². The van der Waals surface area contributed by atoms with E-state index < -0.39 is 0 Å². The van der Waals surface area contributed by atoms with Gasteiger partial charge in [0.05, 0.1) is 7.11 Å². The van der Waals surface area contributed by atoms with Crippen LogP contribution in [0.5, 0.6) is 5.75 Å². The van der Waals surface area contributed by atoms with E-state index in [9.17, 15) is 0 Å². The van der Waals surface area contributed by atoms with E-state index in [1.165, 1.54) is 31.2 Å². The molecule has 1 fully saturated rings. The molecule has 1 heterocycles. The molecule has 2 nitrogen and oxygen atoms in total. The van der Waals surface area contributed by atoms with Crippen LogP contribution in [-0.4, -0.2) is 19.7 Å². The molecule has 0 bridgehead atoms. The average molecular weight is 231 g/mol. The van der Waals surface area contributed by atoms with Crippen LogP contribution in [0.4, 0.5) is 0 Å². The highest BCUT2D eigenvalue weighted by atomic mass is 16.5. The van der Waals surface area contributed by atoms with Gasteiger partial charge < -0.3 is 10.1 Å². The molecule has 1 N–H and O–H groups in total. The number of nitrogens with one attached hydrogen (secondary N) is 1. The van der Waals surface area contributed by atoms with E-state index in [1.54, 1.807) is 12.7 Å². The van der Waals surface area contributed by atoms with Crippen molar-refractivity contribution in [1.82, 2.24) is 5.32 Å². The highest BCUT2D eigenvalue weighted by molar-refractivity contribution is 5.43. The van der Waals surface area contributed by atoms with E-state index in [1.807, 2.05) is 0 Å². The molecule has 1 spiro atoms. The minimum absolute atomic E-state index is 0.389. The maximum Gasteiger partial charge on any atom is 0.119 e. The monoisotopic (exact) mass is 231 g/mol. The van der Waals surface area contributed by atoms with Crippen LogP contribution in [0.3, 0.4) is 0 Å². The molecule has 3 rings (SSSR count). The molecule has 2 aliphatic rings. The van der Waals surface area contributed by atoms with Gasteiger partial charge in [-0.2, -0.15) is 0 Å². The molecule has 1 saturated heterocycles. The molecule has 0 saturated carbocycles. The second-order valence-electron chi connectivity index (χ2n) is 5.46. The van der Waals surface area contributed by atoms with Crippen molar-refractivity contribution >= 4 is 0 Å². The molecular formula is C15H21NO. The van der Waals surface area contributed by atoms with Crippen molar-refractivity contribution in [3.8, 4) is 5.75 Å². The van der Waals surface area contributed by atoms with Gasteiger partial charge in [-0.3, -0.25) is 0 Å². The molecule has 2 heteroatoms. The number of aryl methyl sites for hydroxylation is 1. The molecule has 0 amide bonds. The van der Waals surface area contributed by atoms with Crippen LogP contribution in [0.15, 0.2) is 18.2 Å². The lowest BCUT2D eigenvalue weighted by Gasteiger charge is -2.39. The van der Waals surface area contributed by atoms with E-state index in [0.29, 0.717) is 11.5 Å². The molecule has 1 aliphatic heterocycles. The Kier molecular flexibility index (Phi) is 2.62. The summed E-state index contributed by atoms with van der Waals surface area (Å²) < 4.78 is 5.34. The molecular weight excluding hydrogens is 210 g/mol. The summed E-state index contributed by atoms with van der Waals surface area (Å²) in [6.07, 6.45) is 5.14. The Labute approximate surface area is 103 Å². The third-order valence-corrected chi connectivity index (χ3v) is 4.77. The number of fused-ring (bicyclic) bond motifs is 2. The van der Waals surface area contributed by atoms with Crippen LogP contribution in [-0.2, 0) is 11.8 Å². The third kappa shape index (κ3) is 1.58. The number of methoxy groups -OCH3 is 1. The second kappa shape index (κ2) is 4.02. The normalized spacial score (nSPS) is 31.5. The first kappa shape index (κ1) is 11.1. The summed E-state index contributed by atoms with van der Waals surface area (Å²) in [5.41, 5.74) is 3.47. The zero-order valence-corrected chi connectivity index (χ0v) is 10.8. The minimum Gasteiger partial charge on any atom is -0.497 e. The molecule has 0 aromatic heterocycles. The Morgan fingerprint density at radius 2 is 2.24 bits per heavy atom. The largest absolute Gasteiger partial charge is 0.497 e. The fourth-order valence-electron chi connectivity index (χ4n) is 3.75. The fraction of sp³-hybridized carbons (Fsp3) is 0.600. The Morgan fingerprint density at radius 1 is 1.35 bits per heavy atom. The van der Waals surface area contributed by atoms with Crippen LogP contribution < -0.4 is 10.1 Å². The third-order valence-electron chi connectivity index (χ3n) is 4.77. The Balaban J connectivity index is 2.08. The van der Waals surface area contributed by atoms with Crippen molar-refractivity contribution < 1.29 is 4.74 Å². The Hall–Kier alpha value is -1.02. The summed E-state index contributed by atoms with van der Waals surface area (Å²) in [6, 6.07) is 7.27. The van der Waals surface area contributed by atoms with Gasteiger partial charge in [0.25, 0.3) is 0 Å². The lowest BCUT2D eigenvalue weighted by Crippen LogP contribution is -2.40. The van der Waals surface area contributed by atoms with Gasteiger partial charge >= 0.3 is 0 Å². The molecule has 17 heavy (non-hydrogen) atoms. The quantitative estimate of drug-likeness (QED) is 0.802. The number of hydrogen-bond acceptors (Lipinski definition) is 2. The van der Waals surface area contributed by atoms with Gasteiger partial charge in [-0.1, -0.05) is 6.07 Å². The van der Waals surface area contributed by atoms with Crippen molar-refractivity contribution in [3.63, 3.8) is 0 Å². The summed E-state index contributed by atoms with van der Waals surface area (Å²) in [5, 5.41) is 3.62. The van der Waals surface area contributed by atoms with Crippen molar-refractivity contribution in [1.29, 1.82) is 0 Å². The fourth-order valence-corrected chi connectivity index (χ4v) is 3.75. The van der Waals surface area contributed by atoms with Crippen LogP contribution >= 0.6 is 0 Å². The maximum absolute atomic E-state index is 5.34. The first-order valence-electron chi connectivity index (χ1n) is 6.67. The minimum atomic E-state index is 0.389. The predicted molar refractivity (Wildman–Crippen MR) is 69.7 cm³/mol. The standard InChI is InChI=1S/C15H21NO/c1-11-15(8-9-16-11)7-3-4-12-10-13(17-2)5-6-14(12)15/h5-6,10-11,16H,3-4,7-9H2,1-2H3. The molecule has 2 atom stereocenters. The molecule has 1 aromatic carbocycles.